The molecule has 0 fully saturated rings. The van der Waals surface area contributed by atoms with Crippen molar-refractivity contribution in [3.8, 4) is 5.69 Å². The molecule has 0 spiro atoms. The second kappa shape index (κ2) is 8.15. The maximum Gasteiger partial charge on any atom is 0.193 e. The molecule has 5 heteroatoms. The monoisotopic (exact) mass is 333 g/mol. The molecule has 1 heterocycles. The Bertz CT molecular complexity index is 808. The fourth-order valence-electron chi connectivity index (χ4n) is 2.67. The zero-order valence-electron chi connectivity index (χ0n) is 14.6. The number of nitrogens with zero attached hydrogens (tertiary/aromatic N) is 4. The molecular weight excluding hydrogens is 310 g/mol. The molecule has 0 unspecified atom stereocenters. The Labute approximate surface area is 148 Å². The van der Waals surface area contributed by atoms with E-state index in [1.807, 2.05) is 60.5 Å². The summed E-state index contributed by atoms with van der Waals surface area (Å²) in [7, 11) is 3.84. The van der Waals surface area contributed by atoms with E-state index in [0.29, 0.717) is 6.54 Å². The van der Waals surface area contributed by atoms with Gasteiger partial charge in [0.05, 0.1) is 11.9 Å². The molecule has 0 aliphatic carbocycles. The van der Waals surface area contributed by atoms with E-state index in [4.69, 9.17) is 0 Å². The zero-order valence-corrected chi connectivity index (χ0v) is 14.6. The number of hydrogen-bond acceptors (Lipinski definition) is 2. The summed E-state index contributed by atoms with van der Waals surface area (Å²) < 4.78 is 1.88. The average Bonchev–Trinajstić information content (AvgIpc) is 3.13. The van der Waals surface area contributed by atoms with Gasteiger partial charge < -0.3 is 10.2 Å². The van der Waals surface area contributed by atoms with E-state index >= 15 is 0 Å². The summed E-state index contributed by atoms with van der Waals surface area (Å²) in [5, 5.41) is 7.82. The highest BCUT2D eigenvalue weighted by molar-refractivity contribution is 5.79. The lowest BCUT2D eigenvalue weighted by molar-refractivity contribution is 0.476. The highest BCUT2D eigenvalue weighted by atomic mass is 15.3. The lowest BCUT2D eigenvalue weighted by Gasteiger charge is -2.22. The van der Waals surface area contributed by atoms with E-state index in [0.717, 1.165) is 23.8 Å². The normalized spacial score (nSPS) is 11.4. The molecule has 0 saturated carbocycles. The molecule has 0 bridgehead atoms. The van der Waals surface area contributed by atoms with E-state index in [1.54, 1.807) is 7.05 Å². The Morgan fingerprint density at radius 2 is 1.72 bits per heavy atom. The molecule has 0 radical (unpaired) electrons. The third kappa shape index (κ3) is 4.47. The van der Waals surface area contributed by atoms with E-state index in [1.165, 1.54) is 5.56 Å². The van der Waals surface area contributed by atoms with Gasteiger partial charge in [0.2, 0.25) is 0 Å². The van der Waals surface area contributed by atoms with Crippen LogP contribution in [0, 0.1) is 0 Å². The number of para-hydroxylation sites is 1. The van der Waals surface area contributed by atoms with Crippen LogP contribution in [0.4, 0.5) is 0 Å². The van der Waals surface area contributed by atoms with Gasteiger partial charge in [-0.15, -0.1) is 0 Å². The van der Waals surface area contributed by atoms with Crippen LogP contribution >= 0.6 is 0 Å². The van der Waals surface area contributed by atoms with Crippen molar-refractivity contribution in [1.82, 2.24) is 20.0 Å². The predicted molar refractivity (Wildman–Crippen MR) is 102 cm³/mol. The number of aromatic nitrogens is 2. The van der Waals surface area contributed by atoms with Gasteiger partial charge in [0.25, 0.3) is 0 Å². The van der Waals surface area contributed by atoms with Gasteiger partial charge in [0.15, 0.2) is 5.96 Å². The topological polar surface area (TPSA) is 45.5 Å². The van der Waals surface area contributed by atoms with Crippen molar-refractivity contribution in [3.05, 3.63) is 84.2 Å². The highest BCUT2D eigenvalue weighted by Crippen LogP contribution is 2.08. The average molecular weight is 333 g/mol. The van der Waals surface area contributed by atoms with Gasteiger partial charge in [0.1, 0.15) is 0 Å². The lowest BCUT2D eigenvalue weighted by atomic mass is 10.2. The van der Waals surface area contributed by atoms with Gasteiger partial charge in [-0.3, -0.25) is 4.99 Å². The zero-order chi connectivity index (χ0) is 17.5. The van der Waals surface area contributed by atoms with Crippen LogP contribution in [-0.2, 0) is 13.1 Å². The van der Waals surface area contributed by atoms with Crippen LogP contribution in [-0.4, -0.2) is 34.7 Å². The minimum atomic E-state index is 0.679. The summed E-state index contributed by atoms with van der Waals surface area (Å²) in [5.74, 6) is 0.858. The number of rotatable bonds is 5. The molecule has 0 aliphatic heterocycles. The van der Waals surface area contributed by atoms with Crippen LogP contribution in [0.15, 0.2) is 78.0 Å². The van der Waals surface area contributed by atoms with Gasteiger partial charge >= 0.3 is 0 Å². The number of nitrogens with one attached hydrogen (secondary N) is 1. The van der Waals surface area contributed by atoms with Crippen molar-refractivity contribution >= 4 is 5.96 Å². The van der Waals surface area contributed by atoms with Crippen LogP contribution < -0.4 is 5.32 Å². The summed E-state index contributed by atoms with van der Waals surface area (Å²) in [4.78, 5) is 6.48. The van der Waals surface area contributed by atoms with Crippen molar-refractivity contribution in [2.45, 2.75) is 13.1 Å². The molecule has 0 saturated heterocycles. The molecule has 1 aromatic heterocycles. The summed E-state index contributed by atoms with van der Waals surface area (Å²) >= 11 is 0. The van der Waals surface area contributed by atoms with E-state index < -0.39 is 0 Å². The van der Waals surface area contributed by atoms with Crippen molar-refractivity contribution in [1.29, 1.82) is 0 Å². The first-order valence-electron chi connectivity index (χ1n) is 8.31. The van der Waals surface area contributed by atoms with E-state index in [2.05, 4.69) is 44.6 Å². The SMILES string of the molecule is CN=C(NCc1cnn(-c2ccccc2)c1)N(C)Cc1ccccc1. The van der Waals surface area contributed by atoms with Crippen molar-refractivity contribution in [3.63, 3.8) is 0 Å². The Kier molecular flexibility index (Phi) is 5.46. The molecule has 0 atom stereocenters. The third-order valence-electron chi connectivity index (χ3n) is 3.94. The number of benzene rings is 2. The van der Waals surface area contributed by atoms with Crippen LogP contribution in [0.25, 0.3) is 5.69 Å². The maximum atomic E-state index is 4.43. The second-order valence-electron chi connectivity index (χ2n) is 5.87. The van der Waals surface area contributed by atoms with Crippen molar-refractivity contribution < 1.29 is 0 Å². The molecule has 3 aromatic rings. The largest absolute Gasteiger partial charge is 0.352 e. The van der Waals surface area contributed by atoms with Gasteiger partial charge in [-0.05, 0) is 17.7 Å². The fourth-order valence-corrected chi connectivity index (χ4v) is 2.67. The summed E-state index contributed by atoms with van der Waals surface area (Å²) in [6.07, 6.45) is 3.91. The Balaban J connectivity index is 1.59. The third-order valence-corrected chi connectivity index (χ3v) is 3.94. The van der Waals surface area contributed by atoms with Gasteiger partial charge in [0, 0.05) is 38.9 Å². The predicted octanol–water partition coefficient (Wildman–Crippen LogP) is 3.08. The van der Waals surface area contributed by atoms with Crippen LogP contribution in [0.3, 0.4) is 0 Å². The Morgan fingerprint density at radius 1 is 1.04 bits per heavy atom. The first-order valence-corrected chi connectivity index (χ1v) is 8.31. The molecular formula is C20H23N5. The molecule has 1 N–H and O–H groups in total. The van der Waals surface area contributed by atoms with Crippen LogP contribution in [0.1, 0.15) is 11.1 Å². The second-order valence-corrected chi connectivity index (χ2v) is 5.87. The van der Waals surface area contributed by atoms with Crippen molar-refractivity contribution in [2.24, 2.45) is 4.99 Å². The molecule has 128 valence electrons. The smallest absolute Gasteiger partial charge is 0.193 e. The molecule has 3 rings (SSSR count). The van der Waals surface area contributed by atoms with Gasteiger partial charge in [-0.2, -0.15) is 5.10 Å². The highest BCUT2D eigenvalue weighted by Gasteiger charge is 2.07. The van der Waals surface area contributed by atoms with Gasteiger partial charge in [-0.25, -0.2) is 4.68 Å². The molecule has 0 amide bonds. The standard InChI is InChI=1S/C20H23N5/c1-21-20(24(2)15-17-9-5-3-6-10-17)22-13-18-14-23-25(16-18)19-11-7-4-8-12-19/h3-12,14,16H,13,15H2,1-2H3,(H,21,22). The molecule has 0 aliphatic rings. The first kappa shape index (κ1) is 16.8. The van der Waals surface area contributed by atoms with Crippen molar-refractivity contribution in [2.75, 3.05) is 14.1 Å². The number of guanidine groups is 1. The van der Waals surface area contributed by atoms with Crippen LogP contribution in [0.2, 0.25) is 0 Å². The minimum Gasteiger partial charge on any atom is -0.352 e. The molecule has 25 heavy (non-hydrogen) atoms. The van der Waals surface area contributed by atoms with E-state index in [-0.39, 0.29) is 0 Å². The Morgan fingerprint density at radius 3 is 2.40 bits per heavy atom. The molecule has 5 nitrogen and oxygen atoms in total. The first-order chi connectivity index (χ1) is 12.3. The number of hydrogen-bond donors (Lipinski definition) is 1. The van der Waals surface area contributed by atoms with E-state index in [9.17, 15) is 0 Å². The Hall–Kier alpha value is -3.08. The fraction of sp³-hybridized carbons (Fsp3) is 0.200. The summed E-state index contributed by atoms with van der Waals surface area (Å²) in [5.41, 5.74) is 3.42. The molecule has 2 aromatic carbocycles. The number of aliphatic imine (C=N–C) groups is 1. The quantitative estimate of drug-likeness (QED) is 0.576. The van der Waals surface area contributed by atoms with Gasteiger partial charge in [-0.1, -0.05) is 48.5 Å². The summed E-state index contributed by atoms with van der Waals surface area (Å²) in [6.45, 7) is 1.49. The van der Waals surface area contributed by atoms with Crippen LogP contribution in [0.5, 0.6) is 0 Å². The summed E-state index contributed by atoms with van der Waals surface area (Å²) in [6, 6.07) is 20.5. The minimum absolute atomic E-state index is 0.679. The lowest BCUT2D eigenvalue weighted by Crippen LogP contribution is -2.37. The maximum absolute atomic E-state index is 4.43.